The number of aryl methyl sites for hydroxylation is 1. The predicted octanol–water partition coefficient (Wildman–Crippen LogP) is 2.58. The fraction of sp³-hybridized carbons (Fsp3) is 0.0588. The third-order valence-electron chi connectivity index (χ3n) is 3.03. The van der Waals surface area contributed by atoms with E-state index in [4.69, 9.17) is 5.11 Å². The Hall–Kier alpha value is -3.08. The van der Waals surface area contributed by atoms with Gasteiger partial charge < -0.3 is 15.5 Å². The number of anilines is 1. The number of allylic oxidation sites excluding steroid dienone is 1. The highest BCUT2D eigenvalue weighted by molar-refractivity contribution is 6.04. The van der Waals surface area contributed by atoms with Crippen molar-refractivity contribution in [2.24, 2.45) is 0 Å². The van der Waals surface area contributed by atoms with Crippen molar-refractivity contribution in [1.82, 2.24) is 0 Å². The van der Waals surface area contributed by atoms with Crippen LogP contribution < -0.4 is 10.4 Å². The Morgan fingerprint density at radius 3 is 2.41 bits per heavy atom. The van der Waals surface area contributed by atoms with Crippen LogP contribution in [0.15, 0.2) is 54.7 Å². The van der Waals surface area contributed by atoms with E-state index in [1.807, 2.05) is 19.1 Å². The molecule has 22 heavy (non-hydrogen) atoms. The number of hydrogen-bond acceptors (Lipinski definition) is 4. The molecule has 0 atom stereocenters. The molecule has 0 aromatic heterocycles. The number of benzene rings is 2. The molecule has 0 spiro atoms. The number of aromatic carboxylic acids is 1. The van der Waals surface area contributed by atoms with Crippen molar-refractivity contribution < 1.29 is 19.8 Å². The van der Waals surface area contributed by atoms with Gasteiger partial charge in [-0.1, -0.05) is 35.6 Å². The average molecular weight is 296 g/mol. The first kappa shape index (κ1) is 15.3. The molecule has 0 radical (unpaired) electrons. The Labute approximate surface area is 127 Å². The SMILES string of the molecule is Cc1ccc(C(=O)/C=C/Nc2ccc(C(=O)O)c([O-])c2)cc1. The molecule has 0 unspecified atom stereocenters. The first-order valence-electron chi connectivity index (χ1n) is 6.56. The van der Waals surface area contributed by atoms with Gasteiger partial charge in [0.25, 0.3) is 0 Å². The maximum Gasteiger partial charge on any atom is 0.335 e. The zero-order valence-electron chi connectivity index (χ0n) is 11.9. The summed E-state index contributed by atoms with van der Waals surface area (Å²) >= 11 is 0. The molecule has 2 aromatic carbocycles. The van der Waals surface area contributed by atoms with Crippen molar-refractivity contribution in [2.75, 3.05) is 5.32 Å². The van der Waals surface area contributed by atoms with E-state index in [-0.39, 0.29) is 11.3 Å². The lowest BCUT2D eigenvalue weighted by molar-refractivity contribution is -0.268. The minimum absolute atomic E-state index is 0.169. The van der Waals surface area contributed by atoms with E-state index in [1.165, 1.54) is 30.5 Å². The second-order valence-electron chi connectivity index (χ2n) is 4.72. The Balaban J connectivity index is 2.03. The molecule has 0 saturated carbocycles. The minimum Gasteiger partial charge on any atom is -0.872 e. The standard InChI is InChI=1S/C17H15NO4/c1-11-2-4-12(5-3-11)15(19)8-9-18-13-6-7-14(17(21)22)16(20)10-13/h2-10,18,20H,1H3,(H,21,22)/p-1/b9-8+. The van der Waals surface area contributed by atoms with E-state index in [0.717, 1.165) is 5.56 Å². The molecule has 112 valence electrons. The van der Waals surface area contributed by atoms with Gasteiger partial charge in [0, 0.05) is 23.5 Å². The Morgan fingerprint density at radius 2 is 1.82 bits per heavy atom. The number of carboxylic acids is 1. The second kappa shape index (κ2) is 6.58. The Morgan fingerprint density at radius 1 is 1.14 bits per heavy atom. The van der Waals surface area contributed by atoms with Crippen LogP contribution in [0.5, 0.6) is 5.75 Å². The van der Waals surface area contributed by atoms with E-state index in [9.17, 15) is 14.7 Å². The summed E-state index contributed by atoms with van der Waals surface area (Å²) in [5.41, 5.74) is 1.77. The average Bonchev–Trinajstić information content (AvgIpc) is 2.47. The van der Waals surface area contributed by atoms with Crippen LogP contribution in [0.25, 0.3) is 0 Å². The Kier molecular flexibility index (Phi) is 4.58. The van der Waals surface area contributed by atoms with Gasteiger partial charge in [-0.25, -0.2) is 4.79 Å². The lowest BCUT2D eigenvalue weighted by Gasteiger charge is -2.11. The van der Waals surface area contributed by atoms with E-state index in [2.05, 4.69) is 5.32 Å². The summed E-state index contributed by atoms with van der Waals surface area (Å²) in [6.45, 7) is 1.94. The number of nitrogens with one attached hydrogen (secondary N) is 1. The molecule has 0 aliphatic heterocycles. The molecule has 2 aromatic rings. The quantitative estimate of drug-likeness (QED) is 0.654. The first-order valence-corrected chi connectivity index (χ1v) is 6.56. The fourth-order valence-electron chi connectivity index (χ4n) is 1.82. The molecule has 0 amide bonds. The van der Waals surface area contributed by atoms with Crippen molar-refractivity contribution in [3.05, 3.63) is 71.4 Å². The topological polar surface area (TPSA) is 89.5 Å². The van der Waals surface area contributed by atoms with Crippen LogP contribution in [0.4, 0.5) is 5.69 Å². The van der Waals surface area contributed by atoms with Gasteiger partial charge >= 0.3 is 5.97 Å². The smallest absolute Gasteiger partial charge is 0.335 e. The second-order valence-corrected chi connectivity index (χ2v) is 4.72. The summed E-state index contributed by atoms with van der Waals surface area (Å²) in [5.74, 6) is -2.02. The number of carbonyl (C=O) groups is 2. The van der Waals surface area contributed by atoms with E-state index >= 15 is 0 Å². The van der Waals surface area contributed by atoms with E-state index in [0.29, 0.717) is 11.3 Å². The third-order valence-corrected chi connectivity index (χ3v) is 3.03. The number of carboxylic acid groups (broad SMARTS) is 1. The fourth-order valence-corrected chi connectivity index (χ4v) is 1.82. The maximum absolute atomic E-state index is 11.9. The number of hydrogen-bond donors (Lipinski definition) is 2. The van der Waals surface area contributed by atoms with Gasteiger partial charge in [-0.05, 0) is 25.1 Å². The molecular weight excluding hydrogens is 282 g/mol. The van der Waals surface area contributed by atoms with Gasteiger partial charge in [-0.15, -0.1) is 0 Å². The summed E-state index contributed by atoms with van der Waals surface area (Å²) in [7, 11) is 0. The predicted molar refractivity (Wildman–Crippen MR) is 81.1 cm³/mol. The molecule has 0 bridgehead atoms. The zero-order valence-corrected chi connectivity index (χ0v) is 11.9. The van der Waals surface area contributed by atoms with Crippen LogP contribution in [0.2, 0.25) is 0 Å². The number of ketones is 1. The molecule has 0 aliphatic rings. The summed E-state index contributed by atoms with van der Waals surface area (Å²) in [4.78, 5) is 22.6. The van der Waals surface area contributed by atoms with Gasteiger partial charge in [-0.3, -0.25) is 4.79 Å². The van der Waals surface area contributed by atoms with Crippen LogP contribution in [-0.4, -0.2) is 16.9 Å². The van der Waals surface area contributed by atoms with Crippen LogP contribution in [0.1, 0.15) is 26.3 Å². The van der Waals surface area contributed by atoms with Crippen molar-refractivity contribution in [2.45, 2.75) is 6.92 Å². The van der Waals surface area contributed by atoms with Crippen molar-refractivity contribution in [1.29, 1.82) is 0 Å². The normalized spacial score (nSPS) is 10.6. The van der Waals surface area contributed by atoms with Crippen LogP contribution in [-0.2, 0) is 0 Å². The summed E-state index contributed by atoms with van der Waals surface area (Å²) in [6, 6.07) is 11.0. The van der Waals surface area contributed by atoms with Gasteiger partial charge in [0.15, 0.2) is 5.78 Å². The van der Waals surface area contributed by atoms with Crippen LogP contribution in [0.3, 0.4) is 0 Å². The molecule has 0 aliphatic carbocycles. The summed E-state index contributed by atoms with van der Waals surface area (Å²) in [5, 5.41) is 23.1. The highest BCUT2D eigenvalue weighted by Crippen LogP contribution is 2.19. The summed E-state index contributed by atoms with van der Waals surface area (Å²) in [6.07, 6.45) is 2.76. The highest BCUT2D eigenvalue weighted by Gasteiger charge is 2.04. The lowest BCUT2D eigenvalue weighted by Crippen LogP contribution is -2.04. The van der Waals surface area contributed by atoms with E-state index < -0.39 is 11.7 Å². The maximum atomic E-state index is 11.9. The Bertz CT molecular complexity index is 733. The van der Waals surface area contributed by atoms with Gasteiger partial charge in [0.2, 0.25) is 0 Å². The molecular formula is C17H14NO4-. The third kappa shape index (κ3) is 3.73. The first-order chi connectivity index (χ1) is 10.5. The minimum atomic E-state index is -1.26. The number of rotatable bonds is 5. The van der Waals surface area contributed by atoms with Gasteiger partial charge in [0.05, 0.1) is 5.56 Å². The molecule has 0 fully saturated rings. The summed E-state index contributed by atoms with van der Waals surface area (Å²) < 4.78 is 0. The molecule has 0 saturated heterocycles. The zero-order chi connectivity index (χ0) is 16.1. The monoisotopic (exact) mass is 296 g/mol. The largest absolute Gasteiger partial charge is 0.872 e. The van der Waals surface area contributed by atoms with Gasteiger partial charge in [-0.2, -0.15) is 0 Å². The lowest BCUT2D eigenvalue weighted by atomic mass is 10.1. The molecule has 5 nitrogen and oxygen atoms in total. The number of carbonyl (C=O) groups excluding carboxylic acids is 1. The molecule has 2 N–H and O–H groups in total. The molecule has 0 heterocycles. The molecule has 5 heteroatoms. The van der Waals surface area contributed by atoms with Crippen molar-refractivity contribution >= 4 is 17.4 Å². The van der Waals surface area contributed by atoms with Crippen LogP contribution >= 0.6 is 0 Å². The van der Waals surface area contributed by atoms with E-state index in [1.54, 1.807) is 12.1 Å². The molecule has 2 rings (SSSR count). The van der Waals surface area contributed by atoms with Crippen molar-refractivity contribution in [3.8, 4) is 5.75 Å². The van der Waals surface area contributed by atoms with Gasteiger partial charge in [0.1, 0.15) is 0 Å². The highest BCUT2D eigenvalue weighted by atomic mass is 16.4. The van der Waals surface area contributed by atoms with Crippen LogP contribution in [0, 0.1) is 6.92 Å². The van der Waals surface area contributed by atoms with Crippen molar-refractivity contribution in [3.63, 3.8) is 0 Å².